The van der Waals surface area contributed by atoms with Crippen LogP contribution in [0.1, 0.15) is 16.0 Å². The Hall–Kier alpha value is -1.44. The van der Waals surface area contributed by atoms with Gasteiger partial charge < -0.3 is 10.1 Å². The highest BCUT2D eigenvalue weighted by atomic mass is 79.9. The highest BCUT2D eigenvalue weighted by Gasteiger charge is 2.17. The first-order valence-electron chi connectivity index (χ1n) is 6.51. The van der Waals surface area contributed by atoms with Crippen molar-refractivity contribution in [3.05, 3.63) is 54.9 Å². The van der Waals surface area contributed by atoms with Gasteiger partial charge in [0.15, 0.2) is 0 Å². The molecule has 0 bridgehead atoms. The second kappa shape index (κ2) is 6.13. The largest absolute Gasteiger partial charge is 0.493 e. The zero-order valence-electron chi connectivity index (χ0n) is 11.1. The van der Waals surface area contributed by atoms with Crippen LogP contribution in [0.15, 0.2) is 28.7 Å². The number of nitro groups is 1. The summed E-state index contributed by atoms with van der Waals surface area (Å²) in [5, 5.41) is 14.1. The van der Waals surface area contributed by atoms with Gasteiger partial charge in [0, 0.05) is 40.5 Å². The number of nitrogens with one attached hydrogen (secondary N) is 1. The first-order valence-corrected chi connectivity index (χ1v) is 8.12. The Morgan fingerprint density at radius 3 is 3.00 bits per heavy atom. The SMILES string of the molecule is O=[N+]([O-])c1ccc(CNCc2cc(Br)cc3c2OCC3)s1. The lowest BCUT2D eigenvalue weighted by Gasteiger charge is -2.09. The normalized spacial score (nSPS) is 13.0. The van der Waals surface area contributed by atoms with Gasteiger partial charge in [-0.15, -0.1) is 0 Å². The number of hydrogen-bond acceptors (Lipinski definition) is 5. The van der Waals surface area contributed by atoms with E-state index < -0.39 is 0 Å². The smallest absolute Gasteiger partial charge is 0.324 e. The quantitative estimate of drug-likeness (QED) is 0.646. The van der Waals surface area contributed by atoms with Crippen LogP contribution in [-0.4, -0.2) is 11.5 Å². The van der Waals surface area contributed by atoms with Crippen LogP contribution >= 0.6 is 27.3 Å². The number of ether oxygens (including phenoxy) is 1. The molecule has 0 unspecified atom stereocenters. The molecule has 0 spiro atoms. The molecular weight excluding hydrogens is 356 g/mol. The van der Waals surface area contributed by atoms with Crippen LogP contribution in [-0.2, 0) is 19.5 Å². The second-order valence-electron chi connectivity index (χ2n) is 4.75. The van der Waals surface area contributed by atoms with E-state index in [4.69, 9.17) is 4.74 Å². The number of nitrogens with zero attached hydrogens (tertiary/aromatic N) is 1. The van der Waals surface area contributed by atoms with E-state index in [2.05, 4.69) is 27.3 Å². The van der Waals surface area contributed by atoms with E-state index in [1.165, 1.54) is 16.9 Å². The van der Waals surface area contributed by atoms with Gasteiger partial charge >= 0.3 is 5.00 Å². The Morgan fingerprint density at radius 1 is 1.38 bits per heavy atom. The van der Waals surface area contributed by atoms with Crippen LogP contribution in [0.2, 0.25) is 0 Å². The molecule has 0 saturated carbocycles. The molecule has 5 nitrogen and oxygen atoms in total. The number of thiophene rings is 1. The van der Waals surface area contributed by atoms with Gasteiger partial charge in [0.2, 0.25) is 0 Å². The fourth-order valence-electron chi connectivity index (χ4n) is 2.36. The molecule has 2 heterocycles. The molecule has 0 aliphatic carbocycles. The van der Waals surface area contributed by atoms with E-state index in [0.29, 0.717) is 13.1 Å². The van der Waals surface area contributed by atoms with Crippen molar-refractivity contribution in [1.82, 2.24) is 5.32 Å². The summed E-state index contributed by atoms with van der Waals surface area (Å²) in [6.07, 6.45) is 0.943. The van der Waals surface area contributed by atoms with Crippen molar-refractivity contribution in [2.75, 3.05) is 6.61 Å². The second-order valence-corrected chi connectivity index (χ2v) is 6.81. The third-order valence-corrected chi connectivity index (χ3v) is 4.76. The van der Waals surface area contributed by atoms with Crippen LogP contribution in [0.4, 0.5) is 5.00 Å². The van der Waals surface area contributed by atoms with Gasteiger partial charge in [0.1, 0.15) is 5.75 Å². The van der Waals surface area contributed by atoms with E-state index in [-0.39, 0.29) is 9.92 Å². The van der Waals surface area contributed by atoms with Gasteiger partial charge in [0.05, 0.1) is 11.5 Å². The van der Waals surface area contributed by atoms with E-state index in [1.807, 2.05) is 6.07 Å². The van der Waals surface area contributed by atoms with Crippen molar-refractivity contribution in [2.24, 2.45) is 0 Å². The summed E-state index contributed by atoms with van der Waals surface area (Å²) in [5.74, 6) is 0.975. The van der Waals surface area contributed by atoms with E-state index in [0.717, 1.165) is 33.7 Å². The maximum Gasteiger partial charge on any atom is 0.324 e. The lowest BCUT2D eigenvalue weighted by Crippen LogP contribution is -2.12. The monoisotopic (exact) mass is 368 g/mol. The molecule has 21 heavy (non-hydrogen) atoms. The average molecular weight is 369 g/mol. The summed E-state index contributed by atoms with van der Waals surface area (Å²) in [7, 11) is 0. The molecule has 110 valence electrons. The Balaban J connectivity index is 1.64. The Morgan fingerprint density at radius 2 is 2.24 bits per heavy atom. The number of rotatable bonds is 5. The maximum atomic E-state index is 10.6. The number of benzene rings is 1. The Labute approximate surface area is 134 Å². The van der Waals surface area contributed by atoms with E-state index in [9.17, 15) is 10.1 Å². The van der Waals surface area contributed by atoms with Crippen LogP contribution < -0.4 is 10.1 Å². The maximum absolute atomic E-state index is 10.6. The molecule has 0 radical (unpaired) electrons. The standard InChI is InChI=1S/C14H13BrN2O3S/c15-11-5-9-3-4-20-14(9)10(6-11)7-16-8-12-1-2-13(21-12)17(18)19/h1-2,5-6,16H,3-4,7-8H2. The number of hydrogen-bond donors (Lipinski definition) is 1. The molecule has 3 rings (SSSR count). The molecule has 0 saturated heterocycles. The highest BCUT2D eigenvalue weighted by molar-refractivity contribution is 9.10. The molecule has 0 atom stereocenters. The topological polar surface area (TPSA) is 64.4 Å². The first kappa shape index (κ1) is 14.5. The molecule has 1 aromatic carbocycles. The summed E-state index contributed by atoms with van der Waals surface area (Å²) < 4.78 is 6.73. The minimum Gasteiger partial charge on any atom is -0.493 e. The average Bonchev–Trinajstić information content (AvgIpc) is 3.06. The van der Waals surface area contributed by atoms with Crippen molar-refractivity contribution in [3.63, 3.8) is 0 Å². The molecule has 0 fully saturated rings. The van der Waals surface area contributed by atoms with Crippen LogP contribution in [0.25, 0.3) is 0 Å². The predicted molar refractivity (Wildman–Crippen MR) is 84.9 cm³/mol. The summed E-state index contributed by atoms with van der Waals surface area (Å²) >= 11 is 4.72. The molecule has 1 aliphatic rings. The van der Waals surface area contributed by atoms with Gasteiger partial charge in [-0.2, -0.15) is 0 Å². The van der Waals surface area contributed by atoms with E-state index >= 15 is 0 Å². The molecular formula is C14H13BrN2O3S. The van der Waals surface area contributed by atoms with Crippen molar-refractivity contribution in [3.8, 4) is 5.75 Å². The summed E-state index contributed by atoms with van der Waals surface area (Å²) in [6.45, 7) is 2.02. The third-order valence-electron chi connectivity index (χ3n) is 3.27. The number of fused-ring (bicyclic) bond motifs is 1. The Bertz CT molecular complexity index is 687. The Kier molecular flexibility index (Phi) is 4.23. The molecule has 1 aromatic heterocycles. The summed E-state index contributed by atoms with van der Waals surface area (Å²) in [6, 6.07) is 7.47. The van der Waals surface area contributed by atoms with Gasteiger partial charge in [-0.25, -0.2) is 0 Å². The van der Waals surface area contributed by atoms with Crippen molar-refractivity contribution >= 4 is 32.3 Å². The molecule has 7 heteroatoms. The van der Waals surface area contributed by atoms with Gasteiger partial charge in [-0.1, -0.05) is 27.3 Å². The lowest BCUT2D eigenvalue weighted by atomic mass is 10.1. The summed E-state index contributed by atoms with van der Waals surface area (Å²) in [4.78, 5) is 11.2. The van der Waals surface area contributed by atoms with E-state index in [1.54, 1.807) is 12.1 Å². The van der Waals surface area contributed by atoms with Crippen LogP contribution in [0, 0.1) is 10.1 Å². The third kappa shape index (κ3) is 3.25. The zero-order valence-corrected chi connectivity index (χ0v) is 13.5. The molecule has 1 N–H and O–H groups in total. The molecule has 1 aliphatic heterocycles. The lowest BCUT2D eigenvalue weighted by molar-refractivity contribution is -0.380. The molecule has 2 aromatic rings. The van der Waals surface area contributed by atoms with Crippen molar-refractivity contribution in [1.29, 1.82) is 0 Å². The van der Waals surface area contributed by atoms with Crippen LogP contribution in [0.5, 0.6) is 5.75 Å². The first-order chi connectivity index (χ1) is 10.1. The van der Waals surface area contributed by atoms with Gasteiger partial charge in [-0.05, 0) is 23.8 Å². The van der Waals surface area contributed by atoms with Crippen molar-refractivity contribution < 1.29 is 9.66 Å². The zero-order chi connectivity index (χ0) is 14.8. The van der Waals surface area contributed by atoms with Crippen molar-refractivity contribution in [2.45, 2.75) is 19.5 Å². The highest BCUT2D eigenvalue weighted by Crippen LogP contribution is 2.33. The van der Waals surface area contributed by atoms with Gasteiger partial charge in [-0.3, -0.25) is 10.1 Å². The van der Waals surface area contributed by atoms with Crippen LogP contribution in [0.3, 0.4) is 0 Å². The predicted octanol–water partition coefficient (Wildman–Crippen LogP) is 3.64. The summed E-state index contributed by atoms with van der Waals surface area (Å²) in [5.41, 5.74) is 2.34. The van der Waals surface area contributed by atoms with Gasteiger partial charge in [0.25, 0.3) is 0 Å². The fourth-order valence-corrected chi connectivity index (χ4v) is 3.70. The minimum atomic E-state index is -0.358. The molecule has 0 amide bonds. The fraction of sp³-hybridized carbons (Fsp3) is 0.286. The number of halogens is 1. The minimum absolute atomic E-state index is 0.179.